The molecule has 0 fully saturated rings. The van der Waals surface area contributed by atoms with Crippen molar-refractivity contribution in [2.24, 2.45) is 10.9 Å². The molecule has 0 amide bonds. The number of aromatic nitrogens is 1. The van der Waals surface area contributed by atoms with E-state index in [9.17, 15) is 17.6 Å². The maximum absolute atomic E-state index is 13.9. The third-order valence-corrected chi connectivity index (χ3v) is 4.95. The Morgan fingerprint density at radius 3 is 2.48 bits per heavy atom. The monoisotopic (exact) mass is 467 g/mol. The minimum Gasteiger partial charge on any atom is -0.484 e. The molecule has 9 heteroatoms. The number of nitrogens with zero attached hydrogens (tertiary/aromatic N) is 2. The Kier molecular flexibility index (Phi) is 9.69. The number of rotatable bonds is 10. The number of nitrogens with one attached hydrogen (secondary N) is 1. The molecule has 180 valence electrons. The van der Waals surface area contributed by atoms with Crippen LogP contribution < -0.4 is 10.1 Å². The summed E-state index contributed by atoms with van der Waals surface area (Å²) in [6.45, 7) is 6.13. The molecule has 5 nitrogen and oxygen atoms in total. The lowest BCUT2D eigenvalue weighted by Crippen LogP contribution is -2.17. The van der Waals surface area contributed by atoms with Crippen molar-refractivity contribution in [3.05, 3.63) is 54.0 Å². The zero-order valence-corrected chi connectivity index (χ0v) is 19.2. The van der Waals surface area contributed by atoms with Crippen LogP contribution >= 0.6 is 0 Å². The SMILES string of the molecule is C/C=C(/N=C(OC)[C@@H](CC)CCCC)c1ccc(Nc2ccc(OC(F)(F)F)c(F)c2)nc1. The molecule has 0 spiro atoms. The van der Waals surface area contributed by atoms with Crippen LogP contribution in [-0.2, 0) is 4.74 Å². The zero-order chi connectivity index (χ0) is 24.4. The van der Waals surface area contributed by atoms with E-state index in [1.807, 2.05) is 13.0 Å². The topological polar surface area (TPSA) is 55.7 Å². The Balaban J connectivity index is 2.15. The van der Waals surface area contributed by atoms with E-state index in [1.54, 1.807) is 25.4 Å². The lowest BCUT2D eigenvalue weighted by atomic mass is 9.99. The Morgan fingerprint density at radius 1 is 1.21 bits per heavy atom. The van der Waals surface area contributed by atoms with Gasteiger partial charge in [0, 0.05) is 29.4 Å². The van der Waals surface area contributed by atoms with E-state index in [0.717, 1.165) is 43.4 Å². The van der Waals surface area contributed by atoms with Crippen LogP contribution in [0.25, 0.3) is 5.70 Å². The molecule has 1 aromatic heterocycles. The third kappa shape index (κ3) is 8.07. The summed E-state index contributed by atoms with van der Waals surface area (Å²) in [6.07, 6.45) is 2.64. The van der Waals surface area contributed by atoms with Crippen LogP contribution in [0.3, 0.4) is 0 Å². The summed E-state index contributed by atoms with van der Waals surface area (Å²) in [5, 5.41) is 2.85. The molecule has 1 aromatic carbocycles. The standard InChI is InChI=1S/C24H29F4N3O2/c1-5-8-9-16(6-2)23(32-4)31-20(7-3)17-10-13-22(29-15-17)30-18-11-12-21(19(25)14-18)33-24(26,27)28/h7,10-16H,5-6,8-9H2,1-4H3,(H,29,30)/b20-7+,31-23?/t16-/m0/s1. The highest BCUT2D eigenvalue weighted by Gasteiger charge is 2.32. The maximum Gasteiger partial charge on any atom is 0.573 e. The number of anilines is 2. The lowest BCUT2D eigenvalue weighted by molar-refractivity contribution is -0.275. The van der Waals surface area contributed by atoms with E-state index in [0.29, 0.717) is 17.4 Å². The van der Waals surface area contributed by atoms with Gasteiger partial charge in [-0.3, -0.25) is 0 Å². The molecule has 0 unspecified atom stereocenters. The molecule has 0 bridgehead atoms. The number of hydrogen-bond donors (Lipinski definition) is 1. The first-order valence-corrected chi connectivity index (χ1v) is 10.8. The Morgan fingerprint density at radius 2 is 1.97 bits per heavy atom. The molecule has 0 aliphatic heterocycles. The summed E-state index contributed by atoms with van der Waals surface area (Å²) >= 11 is 0. The fraction of sp³-hybridized carbons (Fsp3) is 0.417. The van der Waals surface area contributed by atoms with E-state index in [4.69, 9.17) is 9.73 Å². The summed E-state index contributed by atoms with van der Waals surface area (Å²) in [5.74, 6) is -0.732. The number of aliphatic imine (C=N–C) groups is 1. The molecule has 0 aliphatic carbocycles. The summed E-state index contributed by atoms with van der Waals surface area (Å²) in [7, 11) is 1.62. The van der Waals surface area contributed by atoms with Gasteiger partial charge in [-0.1, -0.05) is 32.8 Å². The molecule has 0 saturated carbocycles. The van der Waals surface area contributed by atoms with Gasteiger partial charge in [-0.2, -0.15) is 0 Å². The fourth-order valence-corrected chi connectivity index (χ4v) is 3.22. The van der Waals surface area contributed by atoms with Crippen LogP contribution in [0.5, 0.6) is 5.75 Å². The highest BCUT2D eigenvalue weighted by atomic mass is 19.4. The first kappa shape index (κ1) is 26.2. The number of hydrogen-bond acceptors (Lipinski definition) is 5. The Labute approximate surface area is 191 Å². The number of benzene rings is 1. The smallest absolute Gasteiger partial charge is 0.484 e. The molecule has 2 aromatic rings. The summed E-state index contributed by atoms with van der Waals surface area (Å²) in [4.78, 5) is 9.02. The van der Waals surface area contributed by atoms with Crippen molar-refractivity contribution in [2.75, 3.05) is 12.4 Å². The van der Waals surface area contributed by atoms with Gasteiger partial charge in [0.05, 0.1) is 12.8 Å². The molecule has 1 N–H and O–H groups in total. The summed E-state index contributed by atoms with van der Waals surface area (Å²) < 4.78 is 60.0. The van der Waals surface area contributed by atoms with Crippen molar-refractivity contribution in [3.63, 3.8) is 0 Å². The Bertz CT molecular complexity index is 957. The second-order valence-electron chi connectivity index (χ2n) is 7.33. The fourth-order valence-electron chi connectivity index (χ4n) is 3.22. The van der Waals surface area contributed by atoms with Gasteiger partial charge in [0.15, 0.2) is 17.5 Å². The van der Waals surface area contributed by atoms with E-state index >= 15 is 0 Å². The number of unbranched alkanes of at least 4 members (excludes halogenated alkanes) is 1. The van der Waals surface area contributed by atoms with E-state index in [1.165, 1.54) is 6.07 Å². The van der Waals surface area contributed by atoms with Crippen LogP contribution in [-0.4, -0.2) is 24.4 Å². The first-order valence-electron chi connectivity index (χ1n) is 10.8. The van der Waals surface area contributed by atoms with Crippen molar-refractivity contribution >= 4 is 23.1 Å². The van der Waals surface area contributed by atoms with Gasteiger partial charge in [0.1, 0.15) is 5.82 Å². The van der Waals surface area contributed by atoms with Crippen LogP contribution in [0.2, 0.25) is 0 Å². The number of methoxy groups -OCH3 is 1. The number of ether oxygens (including phenoxy) is 2. The average Bonchev–Trinajstić information content (AvgIpc) is 2.78. The average molecular weight is 468 g/mol. The van der Waals surface area contributed by atoms with Crippen molar-refractivity contribution < 1.29 is 27.0 Å². The number of alkyl halides is 3. The highest BCUT2D eigenvalue weighted by molar-refractivity contribution is 5.85. The molecule has 1 heterocycles. The number of allylic oxidation sites excluding steroid dienone is 1. The minimum atomic E-state index is -4.96. The molecule has 1 atom stereocenters. The van der Waals surface area contributed by atoms with Crippen molar-refractivity contribution in [1.82, 2.24) is 4.98 Å². The molecule has 0 radical (unpaired) electrons. The van der Waals surface area contributed by atoms with E-state index in [-0.39, 0.29) is 11.6 Å². The predicted octanol–water partition coefficient (Wildman–Crippen LogP) is 7.49. The van der Waals surface area contributed by atoms with Gasteiger partial charge in [-0.05, 0) is 44.0 Å². The van der Waals surface area contributed by atoms with Gasteiger partial charge in [0.2, 0.25) is 0 Å². The van der Waals surface area contributed by atoms with E-state index in [2.05, 4.69) is 28.9 Å². The predicted molar refractivity (Wildman–Crippen MR) is 122 cm³/mol. The lowest BCUT2D eigenvalue weighted by Gasteiger charge is -2.17. The maximum atomic E-state index is 13.9. The van der Waals surface area contributed by atoms with Crippen LogP contribution in [0.1, 0.15) is 52.0 Å². The molecule has 2 rings (SSSR count). The van der Waals surface area contributed by atoms with Crippen molar-refractivity contribution in [2.45, 2.75) is 52.8 Å². The first-order chi connectivity index (χ1) is 15.7. The van der Waals surface area contributed by atoms with Gasteiger partial charge < -0.3 is 14.8 Å². The second kappa shape index (κ2) is 12.2. The summed E-state index contributed by atoms with van der Waals surface area (Å²) in [6, 6.07) is 6.55. The zero-order valence-electron chi connectivity index (χ0n) is 19.2. The normalized spacial score (nSPS) is 13.6. The minimum absolute atomic E-state index is 0.231. The highest BCUT2D eigenvalue weighted by Crippen LogP contribution is 2.29. The molecule has 33 heavy (non-hydrogen) atoms. The van der Waals surface area contributed by atoms with Gasteiger partial charge >= 0.3 is 6.36 Å². The van der Waals surface area contributed by atoms with E-state index < -0.39 is 17.9 Å². The van der Waals surface area contributed by atoms with Crippen LogP contribution in [0, 0.1) is 11.7 Å². The van der Waals surface area contributed by atoms with Crippen LogP contribution in [0.4, 0.5) is 29.1 Å². The van der Waals surface area contributed by atoms with Gasteiger partial charge in [0.25, 0.3) is 0 Å². The molecule has 0 saturated heterocycles. The second-order valence-corrected chi connectivity index (χ2v) is 7.33. The summed E-state index contributed by atoms with van der Waals surface area (Å²) in [5.41, 5.74) is 1.71. The Hall–Kier alpha value is -3.10. The third-order valence-electron chi connectivity index (χ3n) is 4.95. The molecular formula is C24H29F4N3O2. The van der Waals surface area contributed by atoms with Gasteiger partial charge in [-0.15, -0.1) is 13.2 Å². The molecular weight excluding hydrogens is 438 g/mol. The van der Waals surface area contributed by atoms with Crippen molar-refractivity contribution in [3.8, 4) is 5.75 Å². The number of halogens is 4. The van der Waals surface area contributed by atoms with Gasteiger partial charge in [-0.25, -0.2) is 14.4 Å². The van der Waals surface area contributed by atoms with Crippen molar-refractivity contribution in [1.29, 1.82) is 0 Å². The largest absolute Gasteiger partial charge is 0.573 e. The van der Waals surface area contributed by atoms with Crippen LogP contribution in [0.15, 0.2) is 47.6 Å². The quantitative estimate of drug-likeness (QED) is 0.223. The molecule has 0 aliphatic rings. The number of pyridine rings is 1.